The van der Waals surface area contributed by atoms with E-state index in [1.54, 1.807) is 6.92 Å². The molecule has 1 heterocycles. The van der Waals surface area contributed by atoms with Gasteiger partial charge in [-0.15, -0.1) is 0 Å². The summed E-state index contributed by atoms with van der Waals surface area (Å²) in [6, 6.07) is 1.95. The zero-order chi connectivity index (χ0) is 10.7. The number of pyridine rings is 1. The van der Waals surface area contributed by atoms with Crippen molar-refractivity contribution in [3.05, 3.63) is 26.6 Å². The molecule has 0 unspecified atom stereocenters. The molecule has 0 spiro atoms. The molecule has 0 bridgehead atoms. The molecule has 1 rings (SSSR count). The third-order valence-electron chi connectivity index (χ3n) is 1.90. The normalized spacial score (nSPS) is 10.3. The van der Waals surface area contributed by atoms with E-state index in [4.69, 9.17) is 5.26 Å². The predicted octanol–water partition coefficient (Wildman–Crippen LogP) is 3.00. The standard InChI is InChI=1S/C9H7F2IN2/c1-5-6(2-3-13)7(12)4-14-8(5)9(10)11/h4,9H,2H2,1H3. The van der Waals surface area contributed by atoms with Crippen LogP contribution in [0.3, 0.4) is 0 Å². The van der Waals surface area contributed by atoms with Gasteiger partial charge in [0.1, 0.15) is 5.69 Å². The highest BCUT2D eigenvalue weighted by Gasteiger charge is 2.16. The Hall–Kier alpha value is -0.770. The first-order chi connectivity index (χ1) is 6.57. The number of nitrogens with zero attached hydrogens (tertiary/aromatic N) is 2. The monoisotopic (exact) mass is 308 g/mol. The molecule has 14 heavy (non-hydrogen) atoms. The second-order valence-electron chi connectivity index (χ2n) is 2.73. The Morgan fingerprint density at radius 3 is 2.79 bits per heavy atom. The number of halogens is 3. The summed E-state index contributed by atoms with van der Waals surface area (Å²) >= 11 is 1.99. The van der Waals surface area contributed by atoms with Gasteiger partial charge in [0.15, 0.2) is 0 Å². The van der Waals surface area contributed by atoms with Crippen LogP contribution in [0.2, 0.25) is 0 Å². The average Bonchev–Trinajstić information content (AvgIpc) is 2.11. The van der Waals surface area contributed by atoms with E-state index in [0.717, 1.165) is 3.57 Å². The van der Waals surface area contributed by atoms with Crippen LogP contribution in [0.4, 0.5) is 8.78 Å². The number of hydrogen-bond acceptors (Lipinski definition) is 2. The maximum absolute atomic E-state index is 12.4. The van der Waals surface area contributed by atoms with Crippen molar-refractivity contribution in [2.24, 2.45) is 0 Å². The topological polar surface area (TPSA) is 36.7 Å². The number of hydrogen-bond donors (Lipinski definition) is 0. The highest BCUT2D eigenvalue weighted by atomic mass is 127. The largest absolute Gasteiger partial charge is 0.280 e. The van der Waals surface area contributed by atoms with E-state index in [0.29, 0.717) is 11.1 Å². The maximum atomic E-state index is 12.4. The fraction of sp³-hybridized carbons (Fsp3) is 0.333. The quantitative estimate of drug-likeness (QED) is 0.788. The lowest BCUT2D eigenvalue weighted by molar-refractivity contribution is 0.145. The van der Waals surface area contributed by atoms with Crippen LogP contribution >= 0.6 is 22.6 Å². The Morgan fingerprint density at radius 2 is 2.29 bits per heavy atom. The first kappa shape index (κ1) is 11.3. The van der Waals surface area contributed by atoms with Crippen molar-refractivity contribution in [3.63, 3.8) is 0 Å². The van der Waals surface area contributed by atoms with Crippen LogP contribution in [-0.2, 0) is 6.42 Å². The van der Waals surface area contributed by atoms with E-state index in [-0.39, 0.29) is 12.1 Å². The van der Waals surface area contributed by atoms with Gasteiger partial charge in [-0.25, -0.2) is 8.78 Å². The van der Waals surface area contributed by atoms with Crippen LogP contribution in [-0.4, -0.2) is 4.98 Å². The zero-order valence-corrected chi connectivity index (χ0v) is 9.55. The molecule has 0 saturated heterocycles. The number of aromatic nitrogens is 1. The van der Waals surface area contributed by atoms with E-state index in [1.165, 1.54) is 6.20 Å². The summed E-state index contributed by atoms with van der Waals surface area (Å²) in [5.41, 5.74) is 0.850. The van der Waals surface area contributed by atoms with Gasteiger partial charge in [-0.2, -0.15) is 5.26 Å². The highest BCUT2D eigenvalue weighted by molar-refractivity contribution is 14.1. The minimum absolute atomic E-state index is 0.145. The number of nitriles is 1. The molecule has 0 aliphatic heterocycles. The molecule has 0 saturated carbocycles. The molecule has 0 fully saturated rings. The summed E-state index contributed by atoms with van der Waals surface area (Å²) in [6.45, 7) is 1.57. The zero-order valence-electron chi connectivity index (χ0n) is 7.39. The van der Waals surface area contributed by atoms with Gasteiger partial charge in [0.2, 0.25) is 0 Å². The van der Waals surface area contributed by atoms with Crippen molar-refractivity contribution in [3.8, 4) is 6.07 Å². The molecule has 0 aromatic carbocycles. The Morgan fingerprint density at radius 1 is 1.64 bits per heavy atom. The molecular formula is C9H7F2IN2. The molecule has 0 amide bonds. The lowest BCUT2D eigenvalue weighted by Gasteiger charge is -2.09. The van der Waals surface area contributed by atoms with Crippen LogP contribution in [0.25, 0.3) is 0 Å². The molecule has 0 aliphatic carbocycles. The summed E-state index contributed by atoms with van der Waals surface area (Å²) in [6.07, 6.45) is -1.06. The molecule has 0 radical (unpaired) electrons. The summed E-state index contributed by atoms with van der Waals surface area (Å²) in [4.78, 5) is 3.65. The first-order valence-electron chi connectivity index (χ1n) is 3.87. The second kappa shape index (κ2) is 4.64. The molecule has 2 nitrogen and oxygen atoms in total. The smallest absolute Gasteiger partial charge is 0.254 e. The third kappa shape index (κ3) is 2.18. The molecule has 74 valence electrons. The van der Waals surface area contributed by atoms with Crippen molar-refractivity contribution in [1.82, 2.24) is 4.98 Å². The van der Waals surface area contributed by atoms with Gasteiger partial charge in [-0.1, -0.05) is 0 Å². The minimum Gasteiger partial charge on any atom is -0.254 e. The Labute approximate surface area is 94.1 Å². The van der Waals surface area contributed by atoms with E-state index in [1.807, 2.05) is 28.7 Å². The number of rotatable bonds is 2. The maximum Gasteiger partial charge on any atom is 0.280 e. The molecular weight excluding hydrogens is 301 g/mol. The van der Waals surface area contributed by atoms with Crippen LogP contribution in [0.1, 0.15) is 23.2 Å². The molecule has 0 atom stereocenters. The second-order valence-corrected chi connectivity index (χ2v) is 3.89. The molecule has 1 aromatic rings. The van der Waals surface area contributed by atoms with E-state index in [2.05, 4.69) is 4.98 Å². The summed E-state index contributed by atoms with van der Waals surface area (Å²) in [7, 11) is 0. The Bertz CT molecular complexity index is 385. The van der Waals surface area contributed by atoms with Crippen molar-refractivity contribution in [1.29, 1.82) is 5.26 Å². The molecule has 1 aromatic heterocycles. The van der Waals surface area contributed by atoms with Crippen molar-refractivity contribution in [2.45, 2.75) is 19.8 Å². The van der Waals surface area contributed by atoms with E-state index >= 15 is 0 Å². The van der Waals surface area contributed by atoms with Gasteiger partial charge in [0.05, 0.1) is 12.5 Å². The van der Waals surface area contributed by atoms with Crippen molar-refractivity contribution < 1.29 is 8.78 Å². The Balaban J connectivity index is 3.27. The summed E-state index contributed by atoms with van der Waals surface area (Å²) < 4.78 is 25.6. The molecule has 0 N–H and O–H groups in total. The molecule has 0 aliphatic rings. The number of alkyl halides is 2. The van der Waals surface area contributed by atoms with Crippen LogP contribution in [0, 0.1) is 21.8 Å². The van der Waals surface area contributed by atoms with Gasteiger partial charge in [0, 0.05) is 9.77 Å². The van der Waals surface area contributed by atoms with Gasteiger partial charge >= 0.3 is 0 Å². The highest BCUT2D eigenvalue weighted by Crippen LogP contribution is 2.25. The van der Waals surface area contributed by atoms with Crippen LogP contribution < -0.4 is 0 Å². The first-order valence-corrected chi connectivity index (χ1v) is 4.94. The van der Waals surface area contributed by atoms with Crippen LogP contribution in [0.15, 0.2) is 6.20 Å². The molecule has 5 heteroatoms. The summed E-state index contributed by atoms with van der Waals surface area (Å²) in [5.74, 6) is 0. The Kier molecular flexibility index (Phi) is 3.75. The fourth-order valence-electron chi connectivity index (χ4n) is 1.15. The van der Waals surface area contributed by atoms with Gasteiger partial charge in [-0.05, 0) is 40.6 Å². The van der Waals surface area contributed by atoms with Crippen molar-refractivity contribution in [2.75, 3.05) is 0 Å². The average molecular weight is 308 g/mol. The van der Waals surface area contributed by atoms with E-state index < -0.39 is 6.43 Å². The van der Waals surface area contributed by atoms with Gasteiger partial charge < -0.3 is 0 Å². The van der Waals surface area contributed by atoms with Gasteiger partial charge in [0.25, 0.3) is 6.43 Å². The SMILES string of the molecule is Cc1c(C(F)F)ncc(I)c1CC#N. The lowest BCUT2D eigenvalue weighted by atomic mass is 10.1. The minimum atomic E-state index is -2.58. The lowest BCUT2D eigenvalue weighted by Crippen LogP contribution is -2.01. The van der Waals surface area contributed by atoms with Gasteiger partial charge in [-0.3, -0.25) is 4.98 Å². The summed E-state index contributed by atoms with van der Waals surface area (Å²) in [5, 5.41) is 8.54. The van der Waals surface area contributed by atoms with Crippen molar-refractivity contribution >= 4 is 22.6 Å². The predicted molar refractivity (Wildman–Crippen MR) is 56.0 cm³/mol. The van der Waals surface area contributed by atoms with E-state index in [9.17, 15) is 8.78 Å². The van der Waals surface area contributed by atoms with Crippen LogP contribution in [0.5, 0.6) is 0 Å². The third-order valence-corrected chi connectivity index (χ3v) is 2.83. The fourth-order valence-corrected chi connectivity index (χ4v) is 1.89.